The third kappa shape index (κ3) is 5.27. The lowest BCUT2D eigenvalue weighted by Crippen LogP contribution is -2.46. The lowest BCUT2D eigenvalue weighted by molar-refractivity contribution is -0.125. The van der Waals surface area contributed by atoms with Crippen molar-refractivity contribution in [3.05, 3.63) is 88.0 Å². The molecule has 1 fully saturated rings. The predicted molar refractivity (Wildman–Crippen MR) is 130 cm³/mol. The first-order chi connectivity index (χ1) is 16.9. The molecule has 1 atom stereocenters. The Morgan fingerprint density at radius 2 is 2.00 bits per heavy atom. The molecule has 3 aromatic rings. The molecule has 9 nitrogen and oxygen atoms in total. The number of nitrogens with one attached hydrogen (secondary N) is 1. The Morgan fingerprint density at radius 1 is 1.17 bits per heavy atom. The summed E-state index contributed by atoms with van der Waals surface area (Å²) >= 11 is 6.08. The average Bonchev–Trinajstić information content (AvgIpc) is 3.55. The summed E-state index contributed by atoms with van der Waals surface area (Å²) in [6.45, 7) is 0.462. The van der Waals surface area contributed by atoms with E-state index in [-0.39, 0.29) is 29.5 Å². The highest BCUT2D eigenvalue weighted by Crippen LogP contribution is 2.23. The molecule has 35 heavy (non-hydrogen) atoms. The van der Waals surface area contributed by atoms with Gasteiger partial charge in [-0.2, -0.15) is 0 Å². The number of halogens is 1. The number of aliphatic hydroxyl groups is 1. The summed E-state index contributed by atoms with van der Waals surface area (Å²) in [5, 5.41) is 13.2. The number of aliphatic hydroxyl groups excluding tert-OH is 1. The fourth-order valence-corrected chi connectivity index (χ4v) is 4.48. The van der Waals surface area contributed by atoms with Crippen LogP contribution in [-0.4, -0.2) is 49.7 Å². The van der Waals surface area contributed by atoms with Crippen LogP contribution >= 0.6 is 11.6 Å². The van der Waals surface area contributed by atoms with E-state index in [0.29, 0.717) is 36.5 Å². The molecular weight excluding hydrogens is 470 g/mol. The van der Waals surface area contributed by atoms with Crippen molar-refractivity contribution in [1.29, 1.82) is 0 Å². The zero-order valence-electron chi connectivity index (χ0n) is 19.0. The molecule has 2 aromatic heterocycles. The maximum Gasteiger partial charge on any atom is 0.271 e. The molecule has 0 bridgehead atoms. The summed E-state index contributed by atoms with van der Waals surface area (Å²) in [6.07, 6.45) is 5.61. The topological polar surface area (TPSA) is 131 Å². The average molecular weight is 496 g/mol. The first kappa shape index (κ1) is 24.6. The van der Waals surface area contributed by atoms with Crippen molar-refractivity contribution < 1.29 is 19.5 Å². The first-order valence-electron chi connectivity index (χ1n) is 11.2. The Hall–Kier alpha value is -3.53. The molecule has 1 aliphatic heterocycles. The van der Waals surface area contributed by atoms with Gasteiger partial charge in [-0.15, -0.1) is 0 Å². The monoisotopic (exact) mass is 495 g/mol. The summed E-state index contributed by atoms with van der Waals surface area (Å²) in [5.41, 5.74) is 8.24. The maximum atomic E-state index is 13.4. The van der Waals surface area contributed by atoms with E-state index in [1.165, 1.54) is 27.9 Å². The molecule has 3 heterocycles. The van der Waals surface area contributed by atoms with Gasteiger partial charge < -0.3 is 25.6 Å². The van der Waals surface area contributed by atoms with E-state index >= 15 is 0 Å². The number of hydrogen-bond acceptors (Lipinski definition) is 6. The zero-order valence-corrected chi connectivity index (χ0v) is 19.7. The van der Waals surface area contributed by atoms with E-state index in [1.807, 2.05) is 6.07 Å². The second-order valence-electron chi connectivity index (χ2n) is 8.29. The molecule has 182 valence electrons. The minimum Gasteiger partial charge on any atom is -0.376 e. The van der Waals surface area contributed by atoms with Crippen LogP contribution < -0.4 is 11.1 Å². The van der Waals surface area contributed by atoms with Gasteiger partial charge in [-0.25, -0.2) is 0 Å². The van der Waals surface area contributed by atoms with Crippen LogP contribution in [0.2, 0.25) is 5.02 Å². The van der Waals surface area contributed by atoms with Gasteiger partial charge in [0.05, 0.1) is 0 Å². The van der Waals surface area contributed by atoms with Crippen LogP contribution in [0.15, 0.2) is 55.0 Å². The summed E-state index contributed by atoms with van der Waals surface area (Å²) in [5.74, 6) is -1.02. The van der Waals surface area contributed by atoms with Gasteiger partial charge in [0.25, 0.3) is 5.91 Å². The molecule has 0 spiro atoms. The van der Waals surface area contributed by atoms with Gasteiger partial charge in [0.15, 0.2) is 5.78 Å². The van der Waals surface area contributed by atoms with Crippen molar-refractivity contribution >= 4 is 29.2 Å². The predicted octanol–water partition coefficient (Wildman–Crippen LogP) is 2.10. The number of carbonyl (C=O) groups is 3. The van der Waals surface area contributed by atoms with E-state index in [0.717, 1.165) is 11.1 Å². The van der Waals surface area contributed by atoms with Gasteiger partial charge in [-0.1, -0.05) is 17.7 Å². The number of rotatable bonds is 8. The first-order valence-corrected chi connectivity index (χ1v) is 11.6. The molecule has 0 unspecified atom stereocenters. The number of hydrogen-bond donors (Lipinski definition) is 3. The number of nitrogens with zero attached hydrogens (tertiary/aromatic N) is 3. The highest BCUT2D eigenvalue weighted by atomic mass is 35.5. The van der Waals surface area contributed by atoms with Crippen molar-refractivity contribution in [2.45, 2.75) is 38.7 Å². The lowest BCUT2D eigenvalue weighted by Gasteiger charge is -2.24. The third-order valence-electron chi connectivity index (χ3n) is 6.11. The second-order valence-corrected chi connectivity index (χ2v) is 8.72. The number of carbonyl (C=O) groups excluding carboxylic acids is 3. The van der Waals surface area contributed by atoms with Crippen molar-refractivity contribution in [3.63, 3.8) is 0 Å². The van der Waals surface area contributed by atoms with Gasteiger partial charge in [-0.3, -0.25) is 19.4 Å². The molecule has 4 rings (SSSR count). The highest BCUT2D eigenvalue weighted by Gasteiger charge is 2.36. The molecule has 0 aliphatic carbocycles. The van der Waals surface area contributed by atoms with Crippen LogP contribution in [0.4, 0.5) is 0 Å². The Bertz CT molecular complexity index is 1240. The van der Waals surface area contributed by atoms with Gasteiger partial charge in [0, 0.05) is 54.4 Å². The van der Waals surface area contributed by atoms with E-state index in [2.05, 4.69) is 10.3 Å². The lowest BCUT2D eigenvalue weighted by atomic mass is 10.1. The fourth-order valence-electron chi connectivity index (χ4n) is 4.28. The molecule has 2 amide bonds. The molecular formula is C25H26ClN5O4. The molecule has 0 radical (unpaired) electrons. The van der Waals surface area contributed by atoms with Crippen molar-refractivity contribution in [2.24, 2.45) is 5.73 Å². The zero-order chi connectivity index (χ0) is 24.9. The molecule has 1 aliphatic rings. The summed E-state index contributed by atoms with van der Waals surface area (Å²) in [4.78, 5) is 44.6. The Kier molecular flexibility index (Phi) is 7.60. The smallest absolute Gasteiger partial charge is 0.271 e. The number of nitrogens with two attached hydrogens (primary N) is 1. The summed E-state index contributed by atoms with van der Waals surface area (Å²) < 4.78 is 1.30. The quantitative estimate of drug-likeness (QED) is 0.410. The number of aromatic nitrogens is 2. The maximum absolute atomic E-state index is 13.4. The van der Waals surface area contributed by atoms with Gasteiger partial charge in [-0.05, 0) is 54.3 Å². The fraction of sp³-hybridized carbons (Fsp3) is 0.280. The van der Waals surface area contributed by atoms with Crippen LogP contribution in [0.3, 0.4) is 0 Å². The van der Waals surface area contributed by atoms with Gasteiger partial charge >= 0.3 is 0 Å². The van der Waals surface area contributed by atoms with E-state index in [1.54, 1.807) is 30.5 Å². The molecule has 1 aromatic carbocycles. The Balaban J connectivity index is 1.50. The van der Waals surface area contributed by atoms with E-state index < -0.39 is 18.7 Å². The van der Waals surface area contributed by atoms with Crippen molar-refractivity contribution in [3.8, 4) is 0 Å². The minimum atomic E-state index is -0.664. The normalized spacial score (nSPS) is 15.3. The molecule has 0 saturated carbocycles. The van der Waals surface area contributed by atoms with E-state index in [9.17, 15) is 19.5 Å². The van der Waals surface area contributed by atoms with Crippen molar-refractivity contribution in [1.82, 2.24) is 19.8 Å². The third-order valence-corrected chi connectivity index (χ3v) is 6.35. The highest BCUT2D eigenvalue weighted by molar-refractivity contribution is 6.30. The second kappa shape index (κ2) is 10.8. The van der Waals surface area contributed by atoms with Crippen LogP contribution in [-0.2, 0) is 24.6 Å². The number of ketones is 1. The largest absolute Gasteiger partial charge is 0.376 e. The molecule has 4 N–H and O–H groups in total. The van der Waals surface area contributed by atoms with Gasteiger partial charge in [0.1, 0.15) is 18.5 Å². The Morgan fingerprint density at radius 3 is 2.71 bits per heavy atom. The van der Waals surface area contributed by atoms with Crippen LogP contribution in [0.5, 0.6) is 0 Å². The standard InChI is InChI=1S/C25H26ClN5O4/c26-20-6-5-16(11-27)18(9-20)13-29-24(34)21-4-2-8-31(21)25(35)22-10-19(14-30(22)15-32)23(33)17-3-1-7-28-12-17/h1,3,5-7,9-10,12,14,21,32H,2,4,8,11,13,15,27H2,(H,29,34)/t21-/m0/s1. The van der Waals surface area contributed by atoms with Crippen LogP contribution in [0.1, 0.15) is 50.4 Å². The number of pyridine rings is 1. The van der Waals surface area contributed by atoms with Crippen LogP contribution in [0, 0.1) is 0 Å². The molecule has 10 heteroatoms. The van der Waals surface area contributed by atoms with Crippen LogP contribution in [0.25, 0.3) is 0 Å². The number of likely N-dealkylation sites (tertiary alicyclic amines) is 1. The Labute approximate surface area is 207 Å². The minimum absolute atomic E-state index is 0.139. The molecule has 1 saturated heterocycles. The summed E-state index contributed by atoms with van der Waals surface area (Å²) in [7, 11) is 0. The number of benzene rings is 1. The van der Waals surface area contributed by atoms with E-state index in [4.69, 9.17) is 17.3 Å². The SMILES string of the molecule is NCc1ccc(Cl)cc1CNC(=O)[C@@H]1CCCN1C(=O)c1cc(C(=O)c2cccnc2)cn1CO. The van der Waals surface area contributed by atoms with Gasteiger partial charge in [0.2, 0.25) is 5.91 Å². The number of amides is 2. The van der Waals surface area contributed by atoms with Crippen molar-refractivity contribution in [2.75, 3.05) is 6.54 Å². The summed E-state index contributed by atoms with van der Waals surface area (Å²) in [6, 6.07) is 9.39.